The average Bonchev–Trinajstić information content (AvgIpc) is 2.05. The summed E-state index contributed by atoms with van der Waals surface area (Å²) in [6, 6.07) is 3.65. The average molecular weight is 152 g/mol. The first-order chi connectivity index (χ1) is 5.22. The molecule has 0 amide bonds. The molecule has 0 saturated carbocycles. The van der Waals surface area contributed by atoms with Gasteiger partial charge in [0.05, 0.1) is 0 Å². The lowest BCUT2D eigenvalue weighted by atomic mass is 10.2. The van der Waals surface area contributed by atoms with Crippen molar-refractivity contribution in [3.05, 3.63) is 30.1 Å². The van der Waals surface area contributed by atoms with E-state index in [1.807, 2.05) is 26.2 Å². The second-order valence-electron chi connectivity index (χ2n) is 2.62. The number of rotatable bonds is 2. The van der Waals surface area contributed by atoms with Crippen LogP contribution in [0.1, 0.15) is 11.8 Å². The van der Waals surface area contributed by atoms with Crippen molar-refractivity contribution in [3.63, 3.8) is 0 Å². The zero-order valence-electron chi connectivity index (χ0n) is 6.73. The van der Waals surface area contributed by atoms with Crippen LogP contribution in [0.15, 0.2) is 24.5 Å². The molecule has 1 unspecified atom stereocenters. The van der Waals surface area contributed by atoms with Gasteiger partial charge in [0, 0.05) is 18.0 Å². The monoisotopic (exact) mass is 152 g/mol. The van der Waals surface area contributed by atoms with Gasteiger partial charge >= 0.3 is 0 Å². The van der Waals surface area contributed by atoms with Gasteiger partial charge in [0.1, 0.15) is 6.23 Å². The van der Waals surface area contributed by atoms with E-state index in [1.165, 1.54) is 0 Å². The zero-order chi connectivity index (χ0) is 8.27. The first-order valence-corrected chi connectivity index (χ1v) is 3.46. The summed E-state index contributed by atoms with van der Waals surface area (Å²) in [5.41, 5.74) is 0.817. The highest BCUT2D eigenvalue weighted by molar-refractivity contribution is 5.10. The van der Waals surface area contributed by atoms with Gasteiger partial charge in [-0.1, -0.05) is 6.07 Å². The molecule has 11 heavy (non-hydrogen) atoms. The Morgan fingerprint density at radius 2 is 2.27 bits per heavy atom. The van der Waals surface area contributed by atoms with E-state index in [-0.39, 0.29) is 0 Å². The standard InChI is InChI=1S/C8H12N2O/c1-10(2)8(11)7-4-3-5-9-6-7/h3-6,8,11H,1-2H3. The third kappa shape index (κ3) is 2.00. The third-order valence-corrected chi connectivity index (χ3v) is 1.47. The molecule has 0 fully saturated rings. The predicted octanol–water partition coefficient (Wildman–Crippen LogP) is 0.634. The number of aliphatic hydroxyl groups excluding tert-OH is 1. The van der Waals surface area contributed by atoms with Crippen LogP contribution in [0.5, 0.6) is 0 Å². The fourth-order valence-electron chi connectivity index (χ4n) is 0.827. The zero-order valence-corrected chi connectivity index (χ0v) is 6.73. The van der Waals surface area contributed by atoms with Crippen LogP contribution in [0.3, 0.4) is 0 Å². The smallest absolute Gasteiger partial charge is 0.134 e. The van der Waals surface area contributed by atoms with E-state index in [1.54, 1.807) is 17.3 Å². The molecule has 1 aromatic heterocycles. The second-order valence-corrected chi connectivity index (χ2v) is 2.62. The molecule has 0 radical (unpaired) electrons. The lowest BCUT2D eigenvalue weighted by molar-refractivity contribution is 0.0392. The summed E-state index contributed by atoms with van der Waals surface area (Å²) in [6.07, 6.45) is 2.79. The second kappa shape index (κ2) is 3.46. The van der Waals surface area contributed by atoms with E-state index in [0.717, 1.165) is 5.56 Å². The quantitative estimate of drug-likeness (QED) is 0.631. The normalized spacial score (nSPS) is 13.5. The van der Waals surface area contributed by atoms with Crippen molar-refractivity contribution in [2.24, 2.45) is 0 Å². The molecule has 0 saturated heterocycles. The van der Waals surface area contributed by atoms with Gasteiger partial charge in [-0.05, 0) is 20.2 Å². The van der Waals surface area contributed by atoms with Crippen molar-refractivity contribution < 1.29 is 5.11 Å². The summed E-state index contributed by atoms with van der Waals surface area (Å²) in [7, 11) is 3.63. The molecule has 60 valence electrons. The molecule has 1 heterocycles. The Bertz CT molecular complexity index is 211. The van der Waals surface area contributed by atoms with Crippen LogP contribution in [-0.2, 0) is 0 Å². The van der Waals surface area contributed by atoms with Crippen LogP contribution < -0.4 is 0 Å². The molecule has 1 aromatic rings. The van der Waals surface area contributed by atoms with Crippen LogP contribution in [-0.4, -0.2) is 29.1 Å². The number of hydrogen-bond donors (Lipinski definition) is 1. The fourth-order valence-corrected chi connectivity index (χ4v) is 0.827. The van der Waals surface area contributed by atoms with Crippen molar-refractivity contribution in [2.75, 3.05) is 14.1 Å². The Labute approximate surface area is 66.3 Å². The van der Waals surface area contributed by atoms with Crippen molar-refractivity contribution >= 4 is 0 Å². The summed E-state index contributed by atoms with van der Waals surface area (Å²) >= 11 is 0. The van der Waals surface area contributed by atoms with Gasteiger partial charge in [-0.2, -0.15) is 0 Å². The van der Waals surface area contributed by atoms with Gasteiger partial charge in [0.2, 0.25) is 0 Å². The molecule has 0 aliphatic rings. The van der Waals surface area contributed by atoms with E-state index in [0.29, 0.717) is 0 Å². The molecule has 1 rings (SSSR count). The van der Waals surface area contributed by atoms with E-state index >= 15 is 0 Å². The van der Waals surface area contributed by atoms with E-state index in [2.05, 4.69) is 4.98 Å². The molecule has 1 atom stereocenters. The molecular formula is C8H12N2O. The van der Waals surface area contributed by atoms with Gasteiger partial charge in [-0.15, -0.1) is 0 Å². The van der Waals surface area contributed by atoms with Crippen LogP contribution in [0.25, 0.3) is 0 Å². The number of hydrogen-bond acceptors (Lipinski definition) is 3. The Kier molecular flexibility index (Phi) is 2.57. The minimum atomic E-state index is -0.552. The molecular weight excluding hydrogens is 140 g/mol. The Morgan fingerprint density at radius 1 is 1.55 bits per heavy atom. The van der Waals surface area contributed by atoms with E-state index < -0.39 is 6.23 Å². The van der Waals surface area contributed by atoms with Crippen LogP contribution in [0.2, 0.25) is 0 Å². The lowest BCUT2D eigenvalue weighted by Gasteiger charge is -2.17. The topological polar surface area (TPSA) is 36.4 Å². The number of nitrogens with zero attached hydrogens (tertiary/aromatic N) is 2. The minimum absolute atomic E-state index is 0.552. The van der Waals surface area contributed by atoms with Crippen LogP contribution in [0.4, 0.5) is 0 Å². The maximum absolute atomic E-state index is 9.48. The minimum Gasteiger partial charge on any atom is -0.374 e. The van der Waals surface area contributed by atoms with E-state index in [4.69, 9.17) is 0 Å². The highest BCUT2D eigenvalue weighted by Crippen LogP contribution is 2.11. The van der Waals surface area contributed by atoms with Gasteiger partial charge < -0.3 is 5.11 Å². The maximum Gasteiger partial charge on any atom is 0.134 e. The number of pyridine rings is 1. The Hall–Kier alpha value is -0.930. The lowest BCUT2D eigenvalue weighted by Crippen LogP contribution is -2.19. The first kappa shape index (κ1) is 8.17. The summed E-state index contributed by atoms with van der Waals surface area (Å²) < 4.78 is 0. The fraction of sp³-hybridized carbons (Fsp3) is 0.375. The summed E-state index contributed by atoms with van der Waals surface area (Å²) in [5.74, 6) is 0. The molecule has 0 bridgehead atoms. The predicted molar refractivity (Wildman–Crippen MR) is 42.9 cm³/mol. The van der Waals surface area contributed by atoms with Gasteiger partial charge in [0.25, 0.3) is 0 Å². The number of aliphatic hydroxyl groups is 1. The van der Waals surface area contributed by atoms with Crippen molar-refractivity contribution in [2.45, 2.75) is 6.23 Å². The Balaban J connectivity index is 2.77. The number of aromatic nitrogens is 1. The molecule has 1 N–H and O–H groups in total. The highest BCUT2D eigenvalue weighted by atomic mass is 16.3. The van der Waals surface area contributed by atoms with Gasteiger partial charge in [-0.3, -0.25) is 9.88 Å². The maximum atomic E-state index is 9.48. The van der Waals surface area contributed by atoms with Crippen molar-refractivity contribution in [3.8, 4) is 0 Å². The van der Waals surface area contributed by atoms with Crippen LogP contribution >= 0.6 is 0 Å². The van der Waals surface area contributed by atoms with Gasteiger partial charge in [0.15, 0.2) is 0 Å². The molecule has 3 heteroatoms. The van der Waals surface area contributed by atoms with Crippen molar-refractivity contribution in [1.82, 2.24) is 9.88 Å². The molecule has 3 nitrogen and oxygen atoms in total. The largest absolute Gasteiger partial charge is 0.374 e. The first-order valence-electron chi connectivity index (χ1n) is 3.46. The molecule has 0 aliphatic heterocycles. The van der Waals surface area contributed by atoms with Crippen LogP contribution in [0, 0.1) is 0 Å². The molecule has 0 aromatic carbocycles. The SMILES string of the molecule is CN(C)C(O)c1cccnc1. The molecule has 0 spiro atoms. The van der Waals surface area contributed by atoms with Gasteiger partial charge in [-0.25, -0.2) is 0 Å². The summed E-state index contributed by atoms with van der Waals surface area (Å²) in [5, 5.41) is 9.48. The highest BCUT2D eigenvalue weighted by Gasteiger charge is 2.07. The van der Waals surface area contributed by atoms with Crippen molar-refractivity contribution in [1.29, 1.82) is 0 Å². The Morgan fingerprint density at radius 3 is 2.73 bits per heavy atom. The summed E-state index contributed by atoms with van der Waals surface area (Å²) in [6.45, 7) is 0. The third-order valence-electron chi connectivity index (χ3n) is 1.47. The summed E-state index contributed by atoms with van der Waals surface area (Å²) in [4.78, 5) is 5.62. The molecule has 0 aliphatic carbocycles. The van der Waals surface area contributed by atoms with E-state index in [9.17, 15) is 5.11 Å².